The summed E-state index contributed by atoms with van der Waals surface area (Å²) in [5, 5.41) is 0. The van der Waals surface area contributed by atoms with E-state index in [0.29, 0.717) is 25.8 Å². The summed E-state index contributed by atoms with van der Waals surface area (Å²) in [6, 6.07) is -0.644. The Bertz CT molecular complexity index is 1090. The van der Waals surface area contributed by atoms with Gasteiger partial charge < -0.3 is 23.7 Å². The SMILES string of the molecule is CC(C)(C)OC(=O)CN(CC(=O)OC(C)(C)C)C[C@H]1CCC[C@@H](N(CC(=O)OC(C)(C)C)CC(=O)OC(C)(C)C)CN1CC(=O)OC(C)(C)C. The minimum Gasteiger partial charge on any atom is -0.459 e. The van der Waals surface area contributed by atoms with E-state index in [9.17, 15) is 24.0 Å². The van der Waals surface area contributed by atoms with Gasteiger partial charge in [0.25, 0.3) is 0 Å². The van der Waals surface area contributed by atoms with Gasteiger partial charge in [-0.05, 0) is 117 Å². The Labute approximate surface area is 301 Å². The van der Waals surface area contributed by atoms with E-state index in [0.717, 1.165) is 0 Å². The average Bonchev–Trinajstić information content (AvgIpc) is 2.99. The van der Waals surface area contributed by atoms with Crippen molar-refractivity contribution in [1.29, 1.82) is 0 Å². The first-order valence-electron chi connectivity index (χ1n) is 17.7. The van der Waals surface area contributed by atoms with Gasteiger partial charge in [0.05, 0.1) is 32.7 Å². The predicted octanol–water partition coefficient (Wildman–Crippen LogP) is 4.52. The zero-order chi connectivity index (χ0) is 38.9. The summed E-state index contributed by atoms with van der Waals surface area (Å²) in [6.07, 6.45) is 1.88. The molecule has 2 atom stereocenters. The van der Waals surface area contributed by atoms with E-state index in [4.69, 9.17) is 23.7 Å². The standard InChI is InChI=1S/C37H67N3O10/c1-33(2,3)46-28(41)21-38(22-29(42)47-34(4,5)6)19-26-17-16-18-27(20-39(26)23-30(43)48-35(7,8)9)40(24-31(44)49-36(10,11)12)25-32(45)50-37(13,14)15/h26-27H,16-25H2,1-15H3/t26-,27-/m1/s1. The van der Waals surface area contributed by atoms with Gasteiger partial charge in [0.2, 0.25) is 0 Å². The van der Waals surface area contributed by atoms with E-state index in [2.05, 4.69) is 0 Å². The van der Waals surface area contributed by atoms with Crippen LogP contribution in [0.2, 0.25) is 0 Å². The van der Waals surface area contributed by atoms with Crippen molar-refractivity contribution < 1.29 is 47.7 Å². The second-order valence-electron chi connectivity index (χ2n) is 18.2. The van der Waals surface area contributed by atoms with E-state index in [1.54, 1.807) is 114 Å². The Hall–Kier alpha value is -2.77. The fourth-order valence-corrected chi connectivity index (χ4v) is 5.51. The summed E-state index contributed by atoms with van der Waals surface area (Å²) in [7, 11) is 0. The molecule has 13 nitrogen and oxygen atoms in total. The van der Waals surface area contributed by atoms with Crippen LogP contribution in [-0.4, -0.2) is 130 Å². The molecule has 0 aliphatic carbocycles. The quantitative estimate of drug-likeness (QED) is 0.195. The van der Waals surface area contributed by atoms with Crippen molar-refractivity contribution in [2.75, 3.05) is 45.8 Å². The lowest BCUT2D eigenvalue weighted by Crippen LogP contribution is -2.53. The minimum absolute atomic E-state index is 0.0854. The van der Waals surface area contributed by atoms with Gasteiger partial charge in [-0.25, -0.2) is 0 Å². The minimum atomic E-state index is -0.725. The number of hydrogen-bond acceptors (Lipinski definition) is 13. The number of ether oxygens (including phenoxy) is 5. The van der Waals surface area contributed by atoms with Crippen molar-refractivity contribution in [3.8, 4) is 0 Å². The van der Waals surface area contributed by atoms with Crippen LogP contribution in [-0.2, 0) is 47.7 Å². The lowest BCUT2D eigenvalue weighted by molar-refractivity contribution is -0.163. The monoisotopic (exact) mass is 713 g/mol. The number of rotatable bonds is 13. The molecule has 0 amide bonds. The van der Waals surface area contributed by atoms with Crippen molar-refractivity contribution in [2.24, 2.45) is 0 Å². The summed E-state index contributed by atoms with van der Waals surface area (Å²) in [5.41, 5.74) is -3.62. The highest BCUT2D eigenvalue weighted by Gasteiger charge is 2.36. The third kappa shape index (κ3) is 21.4. The molecular formula is C37H67N3O10. The van der Waals surface area contributed by atoms with E-state index < -0.39 is 57.9 Å². The summed E-state index contributed by atoms with van der Waals surface area (Å²) in [6.45, 7) is 26.5. The average molecular weight is 714 g/mol. The molecule has 0 spiro atoms. The van der Waals surface area contributed by atoms with E-state index >= 15 is 0 Å². The van der Waals surface area contributed by atoms with Crippen LogP contribution in [0.15, 0.2) is 0 Å². The molecule has 0 unspecified atom stereocenters. The molecule has 13 heteroatoms. The van der Waals surface area contributed by atoms with Crippen molar-refractivity contribution in [3.05, 3.63) is 0 Å². The van der Waals surface area contributed by atoms with Crippen LogP contribution in [0.5, 0.6) is 0 Å². The van der Waals surface area contributed by atoms with E-state index in [1.165, 1.54) is 0 Å². The molecule has 1 fully saturated rings. The van der Waals surface area contributed by atoms with Crippen molar-refractivity contribution in [2.45, 2.75) is 163 Å². The van der Waals surface area contributed by atoms with Gasteiger partial charge in [0.15, 0.2) is 0 Å². The highest BCUT2D eigenvalue weighted by atomic mass is 16.6. The van der Waals surface area contributed by atoms with Gasteiger partial charge in [-0.1, -0.05) is 6.42 Å². The smallest absolute Gasteiger partial charge is 0.320 e. The second kappa shape index (κ2) is 18.1. The Balaban J connectivity index is 3.51. The van der Waals surface area contributed by atoms with Gasteiger partial charge in [0, 0.05) is 25.2 Å². The fraction of sp³-hybridized carbons (Fsp3) is 0.865. The molecule has 1 aliphatic rings. The van der Waals surface area contributed by atoms with E-state index in [-0.39, 0.29) is 51.4 Å². The Morgan fingerprint density at radius 1 is 0.520 bits per heavy atom. The molecule has 1 aliphatic heterocycles. The van der Waals surface area contributed by atoms with Gasteiger partial charge in [-0.3, -0.25) is 38.7 Å². The topological polar surface area (TPSA) is 141 Å². The molecule has 1 rings (SSSR count). The molecule has 0 aromatic carbocycles. The Morgan fingerprint density at radius 2 is 0.860 bits per heavy atom. The second-order valence-corrected chi connectivity index (χ2v) is 18.2. The normalized spacial score (nSPS) is 18.3. The van der Waals surface area contributed by atoms with Gasteiger partial charge in [-0.15, -0.1) is 0 Å². The molecule has 0 aromatic rings. The zero-order valence-electron chi connectivity index (χ0n) is 33.6. The first kappa shape index (κ1) is 45.3. The fourth-order valence-electron chi connectivity index (χ4n) is 5.51. The third-order valence-electron chi connectivity index (χ3n) is 6.82. The molecular weight excluding hydrogens is 646 g/mol. The van der Waals surface area contributed by atoms with Crippen LogP contribution in [0.1, 0.15) is 123 Å². The lowest BCUT2D eigenvalue weighted by Gasteiger charge is -2.37. The highest BCUT2D eigenvalue weighted by molar-refractivity contribution is 5.76. The highest BCUT2D eigenvalue weighted by Crippen LogP contribution is 2.24. The Kier molecular flexibility index (Phi) is 16.4. The molecule has 290 valence electrons. The maximum Gasteiger partial charge on any atom is 0.320 e. The van der Waals surface area contributed by atoms with Crippen molar-refractivity contribution in [1.82, 2.24) is 14.7 Å². The van der Waals surface area contributed by atoms with Gasteiger partial charge in [-0.2, -0.15) is 0 Å². The number of carbonyl (C=O) groups is 5. The molecule has 0 saturated carbocycles. The zero-order valence-corrected chi connectivity index (χ0v) is 33.6. The maximum absolute atomic E-state index is 13.3. The lowest BCUT2D eigenvalue weighted by atomic mass is 10.1. The first-order chi connectivity index (χ1) is 22.4. The van der Waals surface area contributed by atoms with Crippen LogP contribution in [0.25, 0.3) is 0 Å². The summed E-state index contributed by atoms with van der Waals surface area (Å²) >= 11 is 0. The summed E-state index contributed by atoms with van der Waals surface area (Å²) < 4.78 is 28.1. The maximum atomic E-state index is 13.3. The van der Waals surface area contributed by atoms with E-state index in [1.807, 2.05) is 4.90 Å². The molecule has 0 aromatic heterocycles. The molecule has 0 N–H and O–H groups in total. The largest absolute Gasteiger partial charge is 0.459 e. The van der Waals surface area contributed by atoms with Crippen LogP contribution >= 0.6 is 0 Å². The number of hydrogen-bond donors (Lipinski definition) is 0. The molecule has 0 bridgehead atoms. The third-order valence-corrected chi connectivity index (χ3v) is 6.82. The van der Waals surface area contributed by atoms with Crippen LogP contribution in [0.4, 0.5) is 0 Å². The Morgan fingerprint density at radius 3 is 1.22 bits per heavy atom. The van der Waals surface area contributed by atoms with Crippen LogP contribution in [0, 0.1) is 0 Å². The van der Waals surface area contributed by atoms with Gasteiger partial charge in [0.1, 0.15) is 28.0 Å². The summed E-state index contributed by atoms with van der Waals surface area (Å²) in [5.74, 6) is -2.40. The summed E-state index contributed by atoms with van der Waals surface area (Å²) in [4.78, 5) is 70.9. The number of nitrogens with zero attached hydrogens (tertiary/aromatic N) is 3. The predicted molar refractivity (Wildman–Crippen MR) is 190 cm³/mol. The van der Waals surface area contributed by atoms with Crippen LogP contribution < -0.4 is 0 Å². The number of likely N-dealkylation sites (tertiary alicyclic amines) is 1. The molecule has 0 radical (unpaired) electrons. The van der Waals surface area contributed by atoms with Crippen molar-refractivity contribution >= 4 is 29.8 Å². The van der Waals surface area contributed by atoms with Crippen molar-refractivity contribution in [3.63, 3.8) is 0 Å². The molecule has 50 heavy (non-hydrogen) atoms. The van der Waals surface area contributed by atoms with Crippen LogP contribution in [0.3, 0.4) is 0 Å². The van der Waals surface area contributed by atoms with Gasteiger partial charge >= 0.3 is 29.8 Å². The molecule has 1 saturated heterocycles. The first-order valence-corrected chi connectivity index (χ1v) is 17.7. The number of carbonyl (C=O) groups excluding carboxylic acids is 5. The number of esters is 5. The molecule has 1 heterocycles.